The van der Waals surface area contributed by atoms with E-state index in [9.17, 15) is 4.79 Å². The Balaban J connectivity index is 1.62. The third-order valence-corrected chi connectivity index (χ3v) is 6.39. The van der Waals surface area contributed by atoms with E-state index in [0.717, 1.165) is 63.1 Å². The second kappa shape index (κ2) is 6.28. The van der Waals surface area contributed by atoms with Gasteiger partial charge in [-0.3, -0.25) is 4.79 Å². The number of hydrogen-bond acceptors (Lipinski definition) is 2. The summed E-state index contributed by atoms with van der Waals surface area (Å²) < 4.78 is 0. The van der Waals surface area contributed by atoms with Gasteiger partial charge in [0.1, 0.15) is 0 Å². The molecule has 1 amide bonds. The van der Waals surface area contributed by atoms with Gasteiger partial charge in [0.25, 0.3) is 0 Å². The Bertz CT molecular complexity index is 370. The summed E-state index contributed by atoms with van der Waals surface area (Å²) in [5.74, 6) is 3.09. The van der Waals surface area contributed by atoms with E-state index in [1.54, 1.807) is 0 Å². The van der Waals surface area contributed by atoms with Crippen LogP contribution < -0.4 is 5.32 Å². The lowest BCUT2D eigenvalue weighted by atomic mass is 9.75. The summed E-state index contributed by atoms with van der Waals surface area (Å²) in [6.45, 7) is 5.18. The molecule has 2 saturated carbocycles. The minimum atomic E-state index is -0.112. The first-order valence-corrected chi connectivity index (χ1v) is 9.11. The van der Waals surface area contributed by atoms with Gasteiger partial charge in [-0.25, -0.2) is 0 Å². The number of amides is 1. The van der Waals surface area contributed by atoms with E-state index in [1.165, 1.54) is 25.7 Å². The highest BCUT2D eigenvalue weighted by atomic mass is 16.2. The van der Waals surface area contributed by atoms with Gasteiger partial charge in [0.2, 0.25) is 5.91 Å². The second-order valence-corrected chi connectivity index (χ2v) is 7.93. The molecule has 3 aliphatic rings. The van der Waals surface area contributed by atoms with Crippen LogP contribution in [-0.2, 0) is 4.79 Å². The Morgan fingerprint density at radius 3 is 2.76 bits per heavy atom. The van der Waals surface area contributed by atoms with Crippen LogP contribution in [0, 0.1) is 23.2 Å². The SMILES string of the molecule is CCCC1(C(=O)N(C)CC2CC3CCC2C3)CCCNC1. The number of hydrogen-bond donors (Lipinski definition) is 1. The quantitative estimate of drug-likeness (QED) is 0.844. The van der Waals surface area contributed by atoms with E-state index < -0.39 is 0 Å². The van der Waals surface area contributed by atoms with Crippen LogP contribution in [0.2, 0.25) is 0 Å². The lowest BCUT2D eigenvalue weighted by Gasteiger charge is -2.40. The predicted octanol–water partition coefficient (Wildman–Crippen LogP) is 3.05. The topological polar surface area (TPSA) is 32.3 Å². The van der Waals surface area contributed by atoms with Crippen molar-refractivity contribution in [2.45, 2.75) is 58.3 Å². The summed E-state index contributed by atoms with van der Waals surface area (Å²) in [5.41, 5.74) is -0.112. The van der Waals surface area contributed by atoms with E-state index in [2.05, 4.69) is 24.2 Å². The summed E-state index contributed by atoms with van der Waals surface area (Å²) in [6.07, 6.45) is 10.0. The van der Waals surface area contributed by atoms with E-state index in [4.69, 9.17) is 0 Å². The third-order valence-electron chi connectivity index (χ3n) is 6.39. The van der Waals surface area contributed by atoms with Crippen molar-refractivity contribution >= 4 is 5.91 Å². The van der Waals surface area contributed by atoms with Gasteiger partial charge in [-0.1, -0.05) is 19.8 Å². The molecule has 1 N–H and O–H groups in total. The first-order valence-electron chi connectivity index (χ1n) is 9.11. The molecule has 1 aliphatic heterocycles. The van der Waals surface area contributed by atoms with Crippen LogP contribution >= 0.6 is 0 Å². The maximum Gasteiger partial charge on any atom is 0.229 e. The first kappa shape index (κ1) is 15.3. The normalized spacial score (nSPS) is 38.7. The summed E-state index contributed by atoms with van der Waals surface area (Å²) in [4.78, 5) is 15.2. The molecule has 3 fully saturated rings. The Kier molecular flexibility index (Phi) is 4.58. The number of carbonyl (C=O) groups excluding carboxylic acids is 1. The number of rotatable bonds is 5. The molecule has 2 bridgehead atoms. The van der Waals surface area contributed by atoms with E-state index >= 15 is 0 Å². The highest BCUT2D eigenvalue weighted by molar-refractivity contribution is 5.83. The zero-order chi connectivity index (χ0) is 14.9. The van der Waals surface area contributed by atoms with Gasteiger partial charge >= 0.3 is 0 Å². The van der Waals surface area contributed by atoms with Crippen LogP contribution in [0.4, 0.5) is 0 Å². The van der Waals surface area contributed by atoms with Gasteiger partial charge in [-0.05, 0) is 62.8 Å². The maximum absolute atomic E-state index is 13.1. The average Bonchev–Trinajstić information content (AvgIpc) is 3.10. The van der Waals surface area contributed by atoms with Crippen molar-refractivity contribution in [3.8, 4) is 0 Å². The van der Waals surface area contributed by atoms with Crippen LogP contribution in [0.5, 0.6) is 0 Å². The zero-order valence-corrected chi connectivity index (χ0v) is 13.9. The minimum Gasteiger partial charge on any atom is -0.345 e. The molecule has 0 aromatic rings. The van der Waals surface area contributed by atoms with Crippen LogP contribution in [0.1, 0.15) is 58.3 Å². The molecular weight excluding hydrogens is 260 g/mol. The third kappa shape index (κ3) is 2.99. The molecule has 120 valence electrons. The molecule has 1 heterocycles. The van der Waals surface area contributed by atoms with Crippen molar-refractivity contribution in [3.63, 3.8) is 0 Å². The van der Waals surface area contributed by atoms with Crippen LogP contribution in [0.3, 0.4) is 0 Å². The van der Waals surface area contributed by atoms with Gasteiger partial charge in [-0.2, -0.15) is 0 Å². The smallest absolute Gasteiger partial charge is 0.229 e. The fraction of sp³-hybridized carbons (Fsp3) is 0.944. The zero-order valence-electron chi connectivity index (χ0n) is 13.9. The molecule has 2 aliphatic carbocycles. The van der Waals surface area contributed by atoms with Crippen LogP contribution in [0.15, 0.2) is 0 Å². The highest BCUT2D eigenvalue weighted by Crippen LogP contribution is 2.48. The lowest BCUT2D eigenvalue weighted by molar-refractivity contribution is -0.143. The molecule has 21 heavy (non-hydrogen) atoms. The number of fused-ring (bicyclic) bond motifs is 2. The molecule has 3 nitrogen and oxygen atoms in total. The molecule has 1 saturated heterocycles. The number of nitrogens with one attached hydrogen (secondary N) is 1. The Labute approximate surface area is 129 Å². The fourth-order valence-corrected chi connectivity index (χ4v) is 5.39. The van der Waals surface area contributed by atoms with Crippen molar-refractivity contribution in [2.75, 3.05) is 26.7 Å². The van der Waals surface area contributed by atoms with Crippen molar-refractivity contribution in [1.82, 2.24) is 10.2 Å². The van der Waals surface area contributed by atoms with Gasteiger partial charge in [0.05, 0.1) is 5.41 Å². The molecule has 0 radical (unpaired) electrons. The predicted molar refractivity (Wildman–Crippen MR) is 86.0 cm³/mol. The number of carbonyl (C=O) groups is 1. The van der Waals surface area contributed by atoms with Gasteiger partial charge in [0, 0.05) is 20.1 Å². The molecule has 0 spiro atoms. The van der Waals surface area contributed by atoms with Gasteiger partial charge in [0.15, 0.2) is 0 Å². The summed E-state index contributed by atoms with van der Waals surface area (Å²) in [7, 11) is 2.06. The monoisotopic (exact) mass is 292 g/mol. The number of nitrogens with zero attached hydrogens (tertiary/aromatic N) is 1. The van der Waals surface area contributed by atoms with Crippen molar-refractivity contribution in [1.29, 1.82) is 0 Å². The molecule has 3 heteroatoms. The lowest BCUT2D eigenvalue weighted by Crippen LogP contribution is -2.51. The molecule has 0 aromatic heterocycles. The molecule has 4 unspecified atom stereocenters. The largest absolute Gasteiger partial charge is 0.345 e. The molecule has 0 aromatic carbocycles. The second-order valence-electron chi connectivity index (χ2n) is 7.93. The van der Waals surface area contributed by atoms with Crippen molar-refractivity contribution in [2.24, 2.45) is 23.2 Å². The summed E-state index contributed by atoms with van der Waals surface area (Å²) in [6, 6.07) is 0. The van der Waals surface area contributed by atoms with E-state index in [0.29, 0.717) is 5.91 Å². The minimum absolute atomic E-state index is 0.112. The molecule has 3 rings (SSSR count). The van der Waals surface area contributed by atoms with Crippen molar-refractivity contribution in [3.05, 3.63) is 0 Å². The highest BCUT2D eigenvalue weighted by Gasteiger charge is 2.43. The molecule has 4 atom stereocenters. The Hall–Kier alpha value is -0.570. The van der Waals surface area contributed by atoms with E-state index in [1.807, 2.05) is 0 Å². The maximum atomic E-state index is 13.1. The van der Waals surface area contributed by atoms with Crippen molar-refractivity contribution < 1.29 is 4.79 Å². The average molecular weight is 292 g/mol. The Morgan fingerprint density at radius 1 is 1.33 bits per heavy atom. The summed E-state index contributed by atoms with van der Waals surface area (Å²) >= 11 is 0. The van der Waals surface area contributed by atoms with Gasteiger partial charge < -0.3 is 10.2 Å². The van der Waals surface area contributed by atoms with Gasteiger partial charge in [-0.15, -0.1) is 0 Å². The van der Waals surface area contributed by atoms with E-state index in [-0.39, 0.29) is 5.41 Å². The summed E-state index contributed by atoms with van der Waals surface area (Å²) in [5, 5.41) is 3.47. The number of piperidine rings is 1. The van der Waals surface area contributed by atoms with Crippen LogP contribution in [0.25, 0.3) is 0 Å². The van der Waals surface area contributed by atoms with Crippen LogP contribution in [-0.4, -0.2) is 37.5 Å². The Morgan fingerprint density at radius 2 is 2.19 bits per heavy atom. The molecular formula is C18H32N2O. The standard InChI is InChI=1S/C18H32N2O/c1-3-7-18(8-4-9-19-13-18)17(21)20(2)12-16-11-14-5-6-15(16)10-14/h14-16,19H,3-13H2,1-2H3. The first-order chi connectivity index (χ1) is 10.1. The fourth-order valence-electron chi connectivity index (χ4n) is 5.39.